The Bertz CT molecular complexity index is 318. The second kappa shape index (κ2) is 3.55. The number of ether oxygens (including phenoxy) is 3. The van der Waals surface area contributed by atoms with E-state index < -0.39 is 42.7 Å². The SMILES string of the molecule is CC1(C)OC2OC(CO)C(O)(C(F)(F)F)C2O1. The molecule has 0 aromatic carbocycles. The van der Waals surface area contributed by atoms with Gasteiger partial charge in [-0.05, 0) is 13.8 Å². The molecule has 5 nitrogen and oxygen atoms in total. The van der Waals surface area contributed by atoms with E-state index in [2.05, 4.69) is 0 Å². The number of alkyl halides is 3. The first-order valence-electron chi connectivity index (χ1n) is 5.03. The van der Waals surface area contributed by atoms with Crippen LogP contribution in [0.1, 0.15) is 13.8 Å². The minimum absolute atomic E-state index is 0.976. The Kier molecular flexibility index (Phi) is 2.72. The highest BCUT2D eigenvalue weighted by molar-refractivity contribution is 5.09. The highest BCUT2D eigenvalue weighted by atomic mass is 19.4. The van der Waals surface area contributed by atoms with Crippen LogP contribution in [0.4, 0.5) is 13.2 Å². The third-order valence-corrected chi connectivity index (χ3v) is 2.90. The Morgan fingerprint density at radius 3 is 2.29 bits per heavy atom. The molecule has 17 heavy (non-hydrogen) atoms. The summed E-state index contributed by atoms with van der Waals surface area (Å²) >= 11 is 0. The monoisotopic (exact) mass is 258 g/mol. The van der Waals surface area contributed by atoms with Crippen molar-refractivity contribution >= 4 is 0 Å². The van der Waals surface area contributed by atoms with Crippen LogP contribution in [0.25, 0.3) is 0 Å². The summed E-state index contributed by atoms with van der Waals surface area (Å²) in [4.78, 5) is 0. The van der Waals surface area contributed by atoms with Gasteiger partial charge in [0.15, 0.2) is 18.2 Å². The fraction of sp³-hybridized carbons (Fsp3) is 1.00. The average Bonchev–Trinajstić information content (AvgIpc) is 2.58. The number of fused-ring (bicyclic) bond motifs is 1. The van der Waals surface area contributed by atoms with Gasteiger partial charge in [-0.2, -0.15) is 13.2 Å². The van der Waals surface area contributed by atoms with Gasteiger partial charge in [-0.1, -0.05) is 0 Å². The molecule has 2 aliphatic heterocycles. The van der Waals surface area contributed by atoms with Crippen LogP contribution >= 0.6 is 0 Å². The molecule has 0 aliphatic carbocycles. The van der Waals surface area contributed by atoms with Gasteiger partial charge in [0.25, 0.3) is 0 Å². The third-order valence-electron chi connectivity index (χ3n) is 2.90. The van der Waals surface area contributed by atoms with Crippen LogP contribution in [0.5, 0.6) is 0 Å². The Balaban J connectivity index is 2.35. The molecule has 0 radical (unpaired) electrons. The molecule has 0 aromatic heterocycles. The number of rotatable bonds is 1. The number of aliphatic hydroxyl groups excluding tert-OH is 1. The molecular formula is C9H13F3O5. The zero-order chi connectivity index (χ0) is 13.1. The van der Waals surface area contributed by atoms with Crippen LogP contribution in [-0.4, -0.2) is 52.9 Å². The molecule has 0 saturated carbocycles. The first-order chi connectivity index (χ1) is 7.62. The molecule has 2 aliphatic rings. The van der Waals surface area contributed by atoms with E-state index in [9.17, 15) is 18.3 Å². The summed E-state index contributed by atoms with van der Waals surface area (Å²) < 4.78 is 53.6. The molecular weight excluding hydrogens is 245 g/mol. The molecule has 2 fully saturated rings. The minimum atomic E-state index is -4.98. The molecule has 8 heteroatoms. The molecule has 100 valence electrons. The van der Waals surface area contributed by atoms with Gasteiger partial charge < -0.3 is 24.4 Å². The molecule has 0 aromatic rings. The summed E-state index contributed by atoms with van der Waals surface area (Å²) in [5.74, 6) is -1.27. The quantitative estimate of drug-likeness (QED) is 0.700. The number of hydrogen-bond donors (Lipinski definition) is 2. The lowest BCUT2D eigenvalue weighted by molar-refractivity contribution is -0.317. The summed E-state index contributed by atoms with van der Waals surface area (Å²) in [6.07, 6.45) is -9.83. The Labute approximate surface area is 95.1 Å². The van der Waals surface area contributed by atoms with E-state index in [0.717, 1.165) is 0 Å². The zero-order valence-corrected chi connectivity index (χ0v) is 9.19. The highest BCUT2D eigenvalue weighted by Gasteiger charge is 2.74. The van der Waals surface area contributed by atoms with Crippen molar-refractivity contribution in [3.63, 3.8) is 0 Å². The lowest BCUT2D eigenvalue weighted by Crippen LogP contribution is -2.60. The van der Waals surface area contributed by atoms with E-state index in [1.54, 1.807) is 0 Å². The van der Waals surface area contributed by atoms with E-state index in [1.807, 2.05) is 0 Å². The van der Waals surface area contributed by atoms with Crippen molar-refractivity contribution in [2.24, 2.45) is 0 Å². The molecule has 0 bridgehead atoms. The van der Waals surface area contributed by atoms with E-state index >= 15 is 0 Å². The number of hydrogen-bond acceptors (Lipinski definition) is 5. The van der Waals surface area contributed by atoms with Gasteiger partial charge in [0, 0.05) is 0 Å². The van der Waals surface area contributed by atoms with Crippen LogP contribution in [-0.2, 0) is 14.2 Å². The van der Waals surface area contributed by atoms with Crippen molar-refractivity contribution in [3.8, 4) is 0 Å². The van der Waals surface area contributed by atoms with Gasteiger partial charge in [-0.25, -0.2) is 0 Å². The van der Waals surface area contributed by atoms with Crippen molar-refractivity contribution in [3.05, 3.63) is 0 Å². The maximum Gasteiger partial charge on any atom is 0.422 e. The third kappa shape index (κ3) is 1.75. The van der Waals surface area contributed by atoms with Crippen molar-refractivity contribution in [2.75, 3.05) is 6.61 Å². The van der Waals surface area contributed by atoms with Crippen LogP contribution < -0.4 is 0 Å². The minimum Gasteiger partial charge on any atom is -0.394 e. The second-order valence-corrected chi connectivity index (χ2v) is 4.55. The summed E-state index contributed by atoms with van der Waals surface area (Å²) in [6, 6.07) is 0. The van der Waals surface area contributed by atoms with Gasteiger partial charge in [-0.3, -0.25) is 0 Å². The van der Waals surface area contributed by atoms with E-state index in [1.165, 1.54) is 13.8 Å². The molecule has 4 atom stereocenters. The zero-order valence-electron chi connectivity index (χ0n) is 9.19. The summed E-state index contributed by atoms with van der Waals surface area (Å²) in [5.41, 5.74) is -3.26. The van der Waals surface area contributed by atoms with Crippen LogP contribution in [0.2, 0.25) is 0 Å². The Hall–Kier alpha value is -0.410. The van der Waals surface area contributed by atoms with Gasteiger partial charge in [0.05, 0.1) is 6.61 Å². The first kappa shape index (κ1) is 13.0. The standard InChI is InChI=1S/C9H13F3O5/c1-7(2)16-5-6(17-7)15-4(3-13)8(5,14)9(10,11)12/h4-6,13-14H,3H2,1-2H3. The molecule has 0 spiro atoms. The van der Waals surface area contributed by atoms with Crippen molar-refractivity contribution in [2.45, 2.75) is 49.9 Å². The highest BCUT2D eigenvalue weighted by Crippen LogP contribution is 2.49. The normalized spacial score (nSPS) is 45.0. The van der Waals surface area contributed by atoms with Gasteiger partial charge in [0.1, 0.15) is 6.10 Å². The fourth-order valence-corrected chi connectivity index (χ4v) is 2.10. The maximum atomic E-state index is 12.9. The Morgan fingerprint density at radius 2 is 1.82 bits per heavy atom. The van der Waals surface area contributed by atoms with E-state index in [-0.39, 0.29) is 0 Å². The predicted octanol–water partition coefficient (Wildman–Crippen LogP) is 0.149. The molecule has 2 heterocycles. The Morgan fingerprint density at radius 1 is 1.24 bits per heavy atom. The average molecular weight is 258 g/mol. The summed E-state index contributed by atoms with van der Waals surface area (Å²) in [5, 5.41) is 18.6. The lowest BCUT2D eigenvalue weighted by atomic mass is 9.92. The topological polar surface area (TPSA) is 68.2 Å². The van der Waals surface area contributed by atoms with Crippen molar-refractivity contribution in [1.29, 1.82) is 0 Å². The van der Waals surface area contributed by atoms with E-state index in [4.69, 9.17) is 19.3 Å². The second-order valence-electron chi connectivity index (χ2n) is 4.55. The number of halogens is 3. The predicted molar refractivity (Wildman–Crippen MR) is 46.8 cm³/mol. The van der Waals surface area contributed by atoms with Crippen molar-refractivity contribution in [1.82, 2.24) is 0 Å². The van der Waals surface area contributed by atoms with Crippen LogP contribution in [0, 0.1) is 0 Å². The lowest BCUT2D eigenvalue weighted by Gasteiger charge is -2.34. The molecule has 2 N–H and O–H groups in total. The van der Waals surface area contributed by atoms with Gasteiger partial charge >= 0.3 is 6.18 Å². The number of aliphatic hydroxyl groups is 2. The van der Waals surface area contributed by atoms with E-state index in [0.29, 0.717) is 0 Å². The fourth-order valence-electron chi connectivity index (χ4n) is 2.10. The van der Waals surface area contributed by atoms with Crippen LogP contribution in [0.3, 0.4) is 0 Å². The largest absolute Gasteiger partial charge is 0.422 e. The van der Waals surface area contributed by atoms with Gasteiger partial charge in [-0.15, -0.1) is 0 Å². The molecule has 0 amide bonds. The molecule has 2 rings (SSSR count). The summed E-state index contributed by atoms with van der Waals surface area (Å²) in [6.45, 7) is 1.86. The molecule has 4 unspecified atom stereocenters. The first-order valence-corrected chi connectivity index (χ1v) is 5.03. The smallest absolute Gasteiger partial charge is 0.394 e. The maximum absolute atomic E-state index is 12.9. The summed E-state index contributed by atoms with van der Waals surface area (Å²) in [7, 11) is 0. The van der Waals surface area contributed by atoms with Crippen LogP contribution in [0.15, 0.2) is 0 Å². The van der Waals surface area contributed by atoms with Gasteiger partial charge in [0.2, 0.25) is 5.60 Å². The molecule has 2 saturated heterocycles. The van der Waals surface area contributed by atoms with Crippen molar-refractivity contribution < 1.29 is 37.6 Å².